The van der Waals surface area contributed by atoms with Crippen molar-refractivity contribution >= 4 is 17.7 Å². The predicted molar refractivity (Wildman–Crippen MR) is 61.8 cm³/mol. The fourth-order valence-corrected chi connectivity index (χ4v) is 1.64. The Kier molecular flexibility index (Phi) is 5.73. The molecule has 1 amide bonds. The third-order valence-electron chi connectivity index (χ3n) is 2.79. The monoisotopic (exact) mass is 258 g/mol. The molecule has 1 aliphatic rings. The van der Waals surface area contributed by atoms with Crippen LogP contribution in [0.1, 0.15) is 19.3 Å². The molecule has 7 heteroatoms. The van der Waals surface area contributed by atoms with Gasteiger partial charge in [-0.1, -0.05) is 0 Å². The Morgan fingerprint density at radius 2 is 2.22 bits per heavy atom. The number of hydrogen-bond acceptors (Lipinski definition) is 5. The zero-order valence-corrected chi connectivity index (χ0v) is 10.1. The van der Waals surface area contributed by atoms with E-state index in [1.54, 1.807) is 0 Å². The zero-order valence-electron chi connectivity index (χ0n) is 10.1. The van der Waals surface area contributed by atoms with Crippen molar-refractivity contribution < 1.29 is 24.2 Å². The number of Topliss-reactive ketones (excluding diaryl/α,β-unsaturated/α-hetero) is 1. The van der Waals surface area contributed by atoms with Gasteiger partial charge in [-0.2, -0.15) is 0 Å². The third-order valence-corrected chi connectivity index (χ3v) is 2.79. The van der Waals surface area contributed by atoms with Crippen LogP contribution in [0, 0.1) is 5.92 Å². The molecular formula is C11H18N2O5. The molecule has 0 radical (unpaired) electrons. The maximum Gasteiger partial charge on any atom is 0.320 e. The normalized spacial score (nSPS) is 20.7. The van der Waals surface area contributed by atoms with Crippen LogP contribution in [0.3, 0.4) is 0 Å². The van der Waals surface area contributed by atoms with E-state index in [1.165, 1.54) is 0 Å². The van der Waals surface area contributed by atoms with Gasteiger partial charge in [0.15, 0.2) is 5.78 Å². The standard InChI is InChI=1S/C11H18N2O5/c12-8(11(16)17)3-1-2-4-13-10(15)7-5-18-6-9(7)14/h7-8H,1-6,12H2,(H,13,15)(H,16,17)/t7-,8+/m1/s1. The number of amides is 1. The van der Waals surface area contributed by atoms with Crippen molar-refractivity contribution in [3.63, 3.8) is 0 Å². The highest BCUT2D eigenvalue weighted by Gasteiger charge is 2.31. The van der Waals surface area contributed by atoms with E-state index in [0.29, 0.717) is 25.8 Å². The molecule has 4 N–H and O–H groups in total. The first-order valence-electron chi connectivity index (χ1n) is 5.89. The van der Waals surface area contributed by atoms with Crippen molar-refractivity contribution in [3.8, 4) is 0 Å². The number of ether oxygens (including phenoxy) is 1. The van der Waals surface area contributed by atoms with Crippen molar-refractivity contribution in [3.05, 3.63) is 0 Å². The van der Waals surface area contributed by atoms with E-state index in [1.807, 2.05) is 0 Å². The summed E-state index contributed by atoms with van der Waals surface area (Å²) in [6.07, 6.45) is 1.62. The molecular weight excluding hydrogens is 240 g/mol. The van der Waals surface area contributed by atoms with Crippen LogP contribution in [0.2, 0.25) is 0 Å². The van der Waals surface area contributed by atoms with E-state index in [-0.39, 0.29) is 24.9 Å². The number of nitrogens with two attached hydrogens (primary N) is 1. The molecule has 0 aromatic rings. The Balaban J connectivity index is 2.09. The summed E-state index contributed by atoms with van der Waals surface area (Å²) in [6.45, 7) is 0.565. The highest BCUT2D eigenvalue weighted by Crippen LogP contribution is 2.08. The lowest BCUT2D eigenvalue weighted by Crippen LogP contribution is -2.35. The average molecular weight is 258 g/mol. The largest absolute Gasteiger partial charge is 0.480 e. The molecule has 2 atom stereocenters. The second-order valence-electron chi connectivity index (χ2n) is 4.27. The molecule has 0 unspecified atom stereocenters. The van der Waals surface area contributed by atoms with Crippen LogP contribution in [0.5, 0.6) is 0 Å². The van der Waals surface area contributed by atoms with Crippen molar-refractivity contribution in [2.24, 2.45) is 11.7 Å². The van der Waals surface area contributed by atoms with Gasteiger partial charge >= 0.3 is 5.97 Å². The first-order valence-corrected chi connectivity index (χ1v) is 5.89. The molecule has 7 nitrogen and oxygen atoms in total. The number of rotatable bonds is 7. The number of hydrogen-bond donors (Lipinski definition) is 3. The van der Waals surface area contributed by atoms with Crippen molar-refractivity contribution in [2.45, 2.75) is 25.3 Å². The highest BCUT2D eigenvalue weighted by molar-refractivity contribution is 6.03. The lowest BCUT2D eigenvalue weighted by atomic mass is 10.1. The summed E-state index contributed by atoms with van der Waals surface area (Å²) >= 11 is 0. The quantitative estimate of drug-likeness (QED) is 0.394. The molecule has 0 spiro atoms. The van der Waals surface area contributed by atoms with Gasteiger partial charge in [0, 0.05) is 6.54 Å². The number of carboxylic acids is 1. The summed E-state index contributed by atoms with van der Waals surface area (Å²) in [4.78, 5) is 33.2. The van der Waals surface area contributed by atoms with Crippen molar-refractivity contribution in [1.29, 1.82) is 0 Å². The number of carbonyl (C=O) groups excluding carboxylic acids is 2. The van der Waals surface area contributed by atoms with Crippen LogP contribution in [0.15, 0.2) is 0 Å². The summed E-state index contributed by atoms with van der Waals surface area (Å²) < 4.78 is 4.88. The molecule has 1 aliphatic heterocycles. The van der Waals surface area contributed by atoms with Gasteiger partial charge in [-0.05, 0) is 19.3 Å². The number of carboxylic acid groups (broad SMARTS) is 1. The topological polar surface area (TPSA) is 119 Å². The second-order valence-corrected chi connectivity index (χ2v) is 4.27. The van der Waals surface area contributed by atoms with Gasteiger partial charge in [0.05, 0.1) is 6.61 Å². The van der Waals surface area contributed by atoms with Gasteiger partial charge in [-0.15, -0.1) is 0 Å². The molecule has 0 aromatic heterocycles. The fraction of sp³-hybridized carbons (Fsp3) is 0.727. The van der Waals surface area contributed by atoms with Crippen molar-refractivity contribution in [2.75, 3.05) is 19.8 Å². The zero-order chi connectivity index (χ0) is 13.5. The minimum Gasteiger partial charge on any atom is -0.480 e. The SMILES string of the molecule is N[C@@H](CCCCNC(=O)[C@@H]1COCC1=O)C(=O)O. The Labute approximate surface area is 105 Å². The highest BCUT2D eigenvalue weighted by atomic mass is 16.5. The Morgan fingerprint density at radius 3 is 2.78 bits per heavy atom. The summed E-state index contributed by atoms with van der Waals surface area (Å²) in [5, 5.41) is 11.2. The smallest absolute Gasteiger partial charge is 0.320 e. The van der Waals surface area contributed by atoms with Crippen LogP contribution in [-0.4, -0.2) is 48.6 Å². The molecule has 1 rings (SSSR count). The first kappa shape index (κ1) is 14.6. The van der Waals surface area contributed by atoms with Crippen LogP contribution < -0.4 is 11.1 Å². The number of carbonyl (C=O) groups is 3. The van der Waals surface area contributed by atoms with Crippen molar-refractivity contribution in [1.82, 2.24) is 5.32 Å². The molecule has 1 heterocycles. The summed E-state index contributed by atoms with van der Waals surface area (Å²) in [5.41, 5.74) is 5.33. The van der Waals surface area contributed by atoms with Gasteiger partial charge in [-0.3, -0.25) is 14.4 Å². The van der Waals surface area contributed by atoms with Crippen LogP contribution in [-0.2, 0) is 19.1 Å². The number of nitrogens with one attached hydrogen (secondary N) is 1. The molecule has 18 heavy (non-hydrogen) atoms. The summed E-state index contributed by atoms with van der Waals surface area (Å²) in [7, 11) is 0. The van der Waals surface area contributed by atoms with Gasteiger partial charge < -0.3 is 20.9 Å². The maximum absolute atomic E-state index is 11.5. The molecule has 0 aromatic carbocycles. The fourth-order valence-electron chi connectivity index (χ4n) is 1.64. The summed E-state index contributed by atoms with van der Waals surface area (Å²) in [5.74, 6) is -2.22. The number of ketones is 1. The molecule has 0 aliphatic carbocycles. The predicted octanol–water partition coefficient (Wildman–Crippen LogP) is -1.10. The van der Waals surface area contributed by atoms with Crippen LogP contribution >= 0.6 is 0 Å². The second kappa shape index (κ2) is 7.07. The lowest BCUT2D eigenvalue weighted by molar-refractivity contribution is -0.139. The van der Waals surface area contributed by atoms with Gasteiger partial charge in [0.1, 0.15) is 18.6 Å². The number of unbranched alkanes of at least 4 members (excludes halogenated alkanes) is 1. The lowest BCUT2D eigenvalue weighted by Gasteiger charge is -2.09. The van der Waals surface area contributed by atoms with Gasteiger partial charge in [-0.25, -0.2) is 0 Å². The minimum atomic E-state index is -1.02. The number of aliphatic carboxylic acids is 1. The van der Waals surface area contributed by atoms with Crippen LogP contribution in [0.25, 0.3) is 0 Å². The van der Waals surface area contributed by atoms with E-state index in [9.17, 15) is 14.4 Å². The van der Waals surface area contributed by atoms with E-state index in [0.717, 1.165) is 0 Å². The van der Waals surface area contributed by atoms with Gasteiger partial charge in [0.25, 0.3) is 0 Å². The molecule has 1 fully saturated rings. The Hall–Kier alpha value is -1.47. The maximum atomic E-state index is 11.5. The van der Waals surface area contributed by atoms with E-state index in [2.05, 4.69) is 5.32 Å². The van der Waals surface area contributed by atoms with Gasteiger partial charge in [0.2, 0.25) is 5.91 Å². The van der Waals surface area contributed by atoms with E-state index >= 15 is 0 Å². The van der Waals surface area contributed by atoms with E-state index in [4.69, 9.17) is 15.6 Å². The summed E-state index contributed by atoms with van der Waals surface area (Å²) in [6, 6.07) is -0.856. The molecule has 0 bridgehead atoms. The molecule has 102 valence electrons. The molecule has 0 saturated carbocycles. The minimum absolute atomic E-state index is 0.00551. The third kappa shape index (κ3) is 4.42. The first-order chi connectivity index (χ1) is 8.52. The Bertz CT molecular complexity index is 331. The Morgan fingerprint density at radius 1 is 1.50 bits per heavy atom. The molecule has 1 saturated heterocycles. The average Bonchev–Trinajstić information content (AvgIpc) is 2.74. The van der Waals surface area contributed by atoms with E-state index < -0.39 is 17.9 Å². The van der Waals surface area contributed by atoms with Crippen LogP contribution in [0.4, 0.5) is 0 Å².